The van der Waals surface area contributed by atoms with E-state index in [9.17, 15) is 9.59 Å². The van der Waals surface area contributed by atoms with Gasteiger partial charge in [0.05, 0.1) is 18.8 Å². The van der Waals surface area contributed by atoms with Gasteiger partial charge in [0, 0.05) is 17.3 Å². The molecule has 4 aromatic rings. The quantitative estimate of drug-likeness (QED) is 0.0294. The van der Waals surface area contributed by atoms with E-state index in [1.54, 1.807) is 0 Å². The summed E-state index contributed by atoms with van der Waals surface area (Å²) in [4.78, 5) is 53.6. The Kier molecular flexibility index (Phi) is 22.7. The number of rotatable bonds is 7. The van der Waals surface area contributed by atoms with Crippen molar-refractivity contribution >= 4 is 53.4 Å². The van der Waals surface area contributed by atoms with Crippen LogP contribution >= 0.6 is 35.6 Å². The van der Waals surface area contributed by atoms with Gasteiger partial charge in [0.15, 0.2) is 9.93 Å². The van der Waals surface area contributed by atoms with Crippen LogP contribution in [0, 0.1) is 45.6 Å². The number of nitrogens with zero attached hydrogens (tertiary/aromatic N) is 3. The molecule has 16 heteroatoms. The molecule has 258 valence electrons. The molecule has 2 aromatic heterocycles. The number of aromatic nitrogens is 4. The molecule has 51 heavy (non-hydrogen) atoms. The second-order valence-corrected chi connectivity index (χ2v) is 13.2. The van der Waals surface area contributed by atoms with E-state index in [2.05, 4.69) is 98.6 Å². The smallest absolute Gasteiger partial charge is 1.00 e. The van der Waals surface area contributed by atoms with Crippen LogP contribution in [0.3, 0.4) is 0 Å². The van der Waals surface area contributed by atoms with Crippen molar-refractivity contribution in [2.75, 3.05) is 0 Å². The van der Waals surface area contributed by atoms with Crippen LogP contribution in [0.25, 0.3) is 9.69 Å². The molecule has 0 atom stereocenters. The molecule has 2 aliphatic rings. The molecule has 2 heterocycles. The summed E-state index contributed by atoms with van der Waals surface area (Å²) in [6, 6.07) is 12.7. The molecule has 0 spiro atoms. The molecule has 0 radical (unpaired) electrons. The van der Waals surface area contributed by atoms with Crippen LogP contribution in [0.5, 0.6) is 0 Å². The van der Waals surface area contributed by atoms with Crippen molar-refractivity contribution in [3.05, 3.63) is 129 Å². The standard InChI is InChI=1S/C17H17N3OS.C9H11Cl.C8H7N3OS.CH2O3.2K.H/c1-10-4-5-11(2)13(8-10)9-22-17-19-14(12-6-7-12)15(18-3)16(21)20-17;1-7-3-4-8(2)9(5-7)6-10;1-9-6-5(4-2-3-4)10-8(13)11-7(6)12;2-1-4-3;;;/h4-5,8,12H,6-7,9H2,1-2H3,(H,19,20,21);3-5H,6H2,1-2H3;4H,2-3H2,(H2,10,11,12,13);1,3H;;;/q;;;;2*+1;-1/p-1. The van der Waals surface area contributed by atoms with Crippen LogP contribution in [0.15, 0.2) is 51.1 Å². The third-order valence-corrected chi connectivity index (χ3v) is 8.99. The summed E-state index contributed by atoms with van der Waals surface area (Å²) in [5.41, 5.74) is 8.54. The number of alkyl halides is 1. The Morgan fingerprint density at radius 3 is 1.90 bits per heavy atom. The van der Waals surface area contributed by atoms with E-state index >= 15 is 0 Å². The van der Waals surface area contributed by atoms with Crippen LogP contribution in [-0.4, -0.2) is 26.4 Å². The van der Waals surface area contributed by atoms with Crippen LogP contribution in [0.2, 0.25) is 0 Å². The van der Waals surface area contributed by atoms with Gasteiger partial charge in [-0.15, -0.1) is 11.6 Å². The van der Waals surface area contributed by atoms with Gasteiger partial charge in [0.1, 0.15) is 0 Å². The summed E-state index contributed by atoms with van der Waals surface area (Å²) in [5.74, 6) is 2.02. The molecule has 11 nitrogen and oxygen atoms in total. The largest absolute Gasteiger partial charge is 1.00 e. The van der Waals surface area contributed by atoms with Crippen LogP contribution in [-0.2, 0) is 21.3 Å². The average molecular weight is 800 g/mol. The number of aromatic amines is 3. The second kappa shape index (κ2) is 24.2. The van der Waals surface area contributed by atoms with Gasteiger partial charge in [-0.1, -0.05) is 59.3 Å². The zero-order valence-corrected chi connectivity index (χ0v) is 38.2. The fraction of sp³-hybridized carbons (Fsp3) is 0.343. The SMILES string of the molecule is Cc1ccc(C)c(CCl)c1.O=CO[O-].[C-]#[N+]c1c(C2CC2)[nH]c(=S)[nH]c1=O.[C-]#[N+]c1c(C2CC2)nc(SCc2cc(C)ccc2C)[nH]c1=O.[H-].[K+].[K+]. The first-order valence-corrected chi connectivity index (χ1v) is 17.2. The molecule has 0 bridgehead atoms. The van der Waals surface area contributed by atoms with Gasteiger partial charge in [-0.05, 0) is 99.7 Å². The van der Waals surface area contributed by atoms with Crippen molar-refractivity contribution in [1.29, 1.82) is 0 Å². The minimum atomic E-state index is -0.374. The van der Waals surface area contributed by atoms with E-state index in [0.29, 0.717) is 39.0 Å². The number of aryl methyl sites for hydroxylation is 4. The summed E-state index contributed by atoms with van der Waals surface area (Å²) >= 11 is 12.1. The number of carbonyl (C=O) groups excluding carboxylic acids is 1. The first-order chi connectivity index (χ1) is 23.4. The maximum absolute atomic E-state index is 12.0. The van der Waals surface area contributed by atoms with Crippen molar-refractivity contribution in [3.8, 4) is 0 Å². The number of carbonyl (C=O) groups is 1. The third-order valence-electron chi connectivity index (χ3n) is 7.58. The van der Waals surface area contributed by atoms with Crippen LogP contribution in [0.4, 0.5) is 11.4 Å². The number of thioether (sulfide) groups is 1. The molecule has 2 fully saturated rings. The molecule has 0 saturated heterocycles. The molecule has 6 rings (SSSR count). The second-order valence-electron chi connectivity index (χ2n) is 11.5. The number of hydrogen-bond acceptors (Lipinski definition) is 8. The van der Waals surface area contributed by atoms with E-state index < -0.39 is 0 Å². The zero-order chi connectivity index (χ0) is 36.1. The third kappa shape index (κ3) is 15.6. The summed E-state index contributed by atoms with van der Waals surface area (Å²) in [7, 11) is 0. The predicted octanol–water partition coefficient (Wildman–Crippen LogP) is 1.57. The minimum Gasteiger partial charge on any atom is -1.00 e. The molecule has 3 N–H and O–H groups in total. The van der Waals surface area contributed by atoms with E-state index in [1.807, 2.05) is 0 Å². The van der Waals surface area contributed by atoms with Crippen LogP contribution in [0.1, 0.15) is 83.7 Å². The first kappa shape index (κ1) is 47.8. The van der Waals surface area contributed by atoms with E-state index in [-0.39, 0.29) is 133 Å². The molecular weight excluding hydrogens is 762 g/mol. The van der Waals surface area contributed by atoms with Gasteiger partial charge in [-0.3, -0.25) is 14.4 Å². The molecular formula is C35H37ClK2N6O5S2. The predicted molar refractivity (Wildman–Crippen MR) is 193 cm³/mol. The molecule has 0 unspecified atom stereocenters. The number of benzene rings is 2. The van der Waals surface area contributed by atoms with Crippen molar-refractivity contribution in [2.45, 2.75) is 82.0 Å². The molecule has 2 saturated carbocycles. The van der Waals surface area contributed by atoms with E-state index in [1.165, 1.54) is 45.1 Å². The molecule has 0 amide bonds. The molecule has 2 aromatic carbocycles. The van der Waals surface area contributed by atoms with Gasteiger partial charge in [-0.25, -0.2) is 14.7 Å². The van der Waals surface area contributed by atoms with Gasteiger partial charge < -0.3 is 26.5 Å². The maximum atomic E-state index is 12.0. The Morgan fingerprint density at radius 2 is 1.43 bits per heavy atom. The first-order valence-electron chi connectivity index (χ1n) is 15.2. The zero-order valence-electron chi connectivity index (χ0n) is 30.5. The number of halogens is 1. The normalized spacial score (nSPS) is 12.2. The Labute approximate surface area is 398 Å². The molecule has 2 aliphatic carbocycles. The van der Waals surface area contributed by atoms with E-state index in [0.717, 1.165) is 31.4 Å². The fourth-order valence-electron chi connectivity index (χ4n) is 4.60. The van der Waals surface area contributed by atoms with Gasteiger partial charge in [0.2, 0.25) is 0 Å². The number of H-pyrrole nitrogens is 3. The number of nitrogens with one attached hydrogen (secondary N) is 3. The summed E-state index contributed by atoms with van der Waals surface area (Å²) in [6.45, 7) is 22.2. The Hall–Kier alpha value is -1.26. The minimum absolute atomic E-state index is 0. The van der Waals surface area contributed by atoms with Crippen molar-refractivity contribution in [1.82, 2.24) is 19.9 Å². The topological polar surface area (TPSA) is 152 Å². The Balaban J connectivity index is 0.000000744. The van der Waals surface area contributed by atoms with Crippen molar-refractivity contribution in [2.24, 2.45) is 0 Å². The van der Waals surface area contributed by atoms with Crippen molar-refractivity contribution in [3.63, 3.8) is 0 Å². The summed E-state index contributed by atoms with van der Waals surface area (Å²) < 4.78 is 0.305. The maximum Gasteiger partial charge on any atom is 1.00 e. The van der Waals surface area contributed by atoms with Gasteiger partial charge in [-0.2, -0.15) is 0 Å². The van der Waals surface area contributed by atoms with Gasteiger partial charge >= 0.3 is 103 Å². The Bertz CT molecular complexity index is 2060. The monoisotopic (exact) mass is 798 g/mol. The number of hydrogen-bond donors (Lipinski definition) is 3. The van der Waals surface area contributed by atoms with Crippen molar-refractivity contribution < 1.29 is 119 Å². The summed E-state index contributed by atoms with van der Waals surface area (Å²) in [5, 5.41) is 9.04. The van der Waals surface area contributed by atoms with Crippen LogP contribution < -0.4 is 119 Å². The molecule has 0 aliphatic heterocycles. The van der Waals surface area contributed by atoms with E-state index in [4.69, 9.17) is 47.0 Å². The fourth-order valence-corrected chi connectivity index (χ4v) is 6.02. The summed E-state index contributed by atoms with van der Waals surface area (Å²) in [6.07, 6.45) is 4.13. The Morgan fingerprint density at radius 1 is 0.922 bits per heavy atom. The average Bonchev–Trinajstić information content (AvgIpc) is 4.01. The van der Waals surface area contributed by atoms with Gasteiger partial charge in [0.25, 0.3) is 29.0 Å².